The summed E-state index contributed by atoms with van der Waals surface area (Å²) < 4.78 is 6.26. The SMILES string of the molecule is CCCNC1CCC(CCC)CC1OCCC1CC1. The molecule has 0 amide bonds. The van der Waals surface area contributed by atoms with Crippen molar-refractivity contribution in [1.29, 1.82) is 0 Å². The first kappa shape index (κ1) is 15.3. The monoisotopic (exact) mass is 267 g/mol. The van der Waals surface area contributed by atoms with E-state index in [4.69, 9.17) is 4.74 Å². The lowest BCUT2D eigenvalue weighted by atomic mass is 9.81. The highest BCUT2D eigenvalue weighted by molar-refractivity contribution is 4.86. The molecule has 112 valence electrons. The van der Waals surface area contributed by atoms with Crippen LogP contribution in [0.15, 0.2) is 0 Å². The van der Waals surface area contributed by atoms with E-state index in [0.717, 1.165) is 25.0 Å². The molecule has 2 rings (SSSR count). The molecule has 0 aromatic carbocycles. The Bertz CT molecular complexity index is 239. The number of hydrogen-bond acceptors (Lipinski definition) is 2. The first-order valence-electron chi connectivity index (χ1n) is 8.68. The van der Waals surface area contributed by atoms with E-state index in [0.29, 0.717) is 12.1 Å². The van der Waals surface area contributed by atoms with Gasteiger partial charge in [-0.05, 0) is 50.5 Å². The largest absolute Gasteiger partial charge is 0.377 e. The summed E-state index contributed by atoms with van der Waals surface area (Å²) in [6.45, 7) is 6.70. The average molecular weight is 267 g/mol. The third-order valence-corrected chi connectivity index (χ3v) is 4.81. The van der Waals surface area contributed by atoms with Crippen molar-refractivity contribution >= 4 is 0 Å². The smallest absolute Gasteiger partial charge is 0.0730 e. The Morgan fingerprint density at radius 3 is 2.42 bits per heavy atom. The second-order valence-corrected chi connectivity index (χ2v) is 6.67. The second-order valence-electron chi connectivity index (χ2n) is 6.67. The fourth-order valence-electron chi connectivity index (χ4n) is 3.42. The number of ether oxygens (including phenoxy) is 1. The van der Waals surface area contributed by atoms with E-state index in [2.05, 4.69) is 19.2 Å². The van der Waals surface area contributed by atoms with Gasteiger partial charge in [-0.3, -0.25) is 0 Å². The third-order valence-electron chi connectivity index (χ3n) is 4.81. The molecule has 0 heterocycles. The molecule has 0 aromatic rings. The van der Waals surface area contributed by atoms with Crippen LogP contribution >= 0.6 is 0 Å². The van der Waals surface area contributed by atoms with E-state index in [1.54, 1.807) is 0 Å². The quantitative estimate of drug-likeness (QED) is 0.678. The van der Waals surface area contributed by atoms with E-state index >= 15 is 0 Å². The average Bonchev–Trinajstić information content (AvgIpc) is 3.22. The van der Waals surface area contributed by atoms with Crippen molar-refractivity contribution in [3.8, 4) is 0 Å². The van der Waals surface area contributed by atoms with Gasteiger partial charge in [0.25, 0.3) is 0 Å². The van der Waals surface area contributed by atoms with Gasteiger partial charge in [-0.1, -0.05) is 39.5 Å². The fourth-order valence-corrected chi connectivity index (χ4v) is 3.42. The normalized spacial score (nSPS) is 31.6. The predicted molar refractivity (Wildman–Crippen MR) is 81.4 cm³/mol. The highest BCUT2D eigenvalue weighted by Crippen LogP contribution is 2.34. The molecule has 0 spiro atoms. The summed E-state index contributed by atoms with van der Waals surface area (Å²) in [4.78, 5) is 0. The second kappa shape index (κ2) is 8.26. The summed E-state index contributed by atoms with van der Waals surface area (Å²) >= 11 is 0. The molecule has 0 radical (unpaired) electrons. The highest BCUT2D eigenvalue weighted by Gasteiger charge is 2.31. The summed E-state index contributed by atoms with van der Waals surface area (Å²) in [5, 5.41) is 3.71. The van der Waals surface area contributed by atoms with Gasteiger partial charge in [-0.25, -0.2) is 0 Å². The first-order chi connectivity index (χ1) is 9.33. The van der Waals surface area contributed by atoms with Crippen LogP contribution in [0.5, 0.6) is 0 Å². The number of nitrogens with one attached hydrogen (secondary N) is 1. The summed E-state index contributed by atoms with van der Waals surface area (Å²) in [6, 6.07) is 0.618. The maximum Gasteiger partial charge on any atom is 0.0730 e. The molecule has 3 atom stereocenters. The highest BCUT2D eigenvalue weighted by atomic mass is 16.5. The maximum absolute atomic E-state index is 6.26. The van der Waals surface area contributed by atoms with Crippen LogP contribution < -0.4 is 5.32 Å². The summed E-state index contributed by atoms with van der Waals surface area (Å²) in [5.74, 6) is 1.91. The Balaban J connectivity index is 1.74. The minimum atomic E-state index is 0.482. The zero-order chi connectivity index (χ0) is 13.5. The van der Waals surface area contributed by atoms with E-state index in [1.807, 2.05) is 0 Å². The molecule has 2 aliphatic carbocycles. The Morgan fingerprint density at radius 1 is 0.947 bits per heavy atom. The lowest BCUT2D eigenvalue weighted by Gasteiger charge is -2.36. The molecule has 3 unspecified atom stereocenters. The Morgan fingerprint density at radius 2 is 1.74 bits per heavy atom. The zero-order valence-electron chi connectivity index (χ0n) is 13.0. The van der Waals surface area contributed by atoms with Crippen LogP contribution in [-0.2, 0) is 4.74 Å². The molecular weight excluding hydrogens is 234 g/mol. The zero-order valence-corrected chi connectivity index (χ0v) is 13.0. The minimum Gasteiger partial charge on any atom is -0.377 e. The summed E-state index contributed by atoms with van der Waals surface area (Å²) in [7, 11) is 0. The molecule has 2 saturated carbocycles. The Labute approximate surface area is 119 Å². The molecule has 1 N–H and O–H groups in total. The molecule has 19 heavy (non-hydrogen) atoms. The number of rotatable bonds is 9. The van der Waals surface area contributed by atoms with Gasteiger partial charge >= 0.3 is 0 Å². The van der Waals surface area contributed by atoms with Gasteiger partial charge < -0.3 is 10.1 Å². The van der Waals surface area contributed by atoms with Crippen LogP contribution in [0.2, 0.25) is 0 Å². The lowest BCUT2D eigenvalue weighted by molar-refractivity contribution is -0.0134. The van der Waals surface area contributed by atoms with Crippen molar-refractivity contribution in [1.82, 2.24) is 5.32 Å². The van der Waals surface area contributed by atoms with Gasteiger partial charge in [0.1, 0.15) is 0 Å². The molecule has 0 saturated heterocycles. The van der Waals surface area contributed by atoms with Crippen LogP contribution in [0.4, 0.5) is 0 Å². The van der Waals surface area contributed by atoms with E-state index in [9.17, 15) is 0 Å². The topological polar surface area (TPSA) is 21.3 Å². The van der Waals surface area contributed by atoms with Gasteiger partial charge in [0, 0.05) is 12.6 Å². The lowest BCUT2D eigenvalue weighted by Crippen LogP contribution is -2.46. The van der Waals surface area contributed by atoms with Crippen LogP contribution in [0, 0.1) is 11.8 Å². The van der Waals surface area contributed by atoms with Crippen molar-refractivity contribution in [3.05, 3.63) is 0 Å². The summed E-state index contributed by atoms with van der Waals surface area (Å²) in [6.07, 6.45) is 12.6. The molecule has 0 bridgehead atoms. The van der Waals surface area contributed by atoms with Crippen molar-refractivity contribution in [2.45, 2.75) is 83.8 Å². The van der Waals surface area contributed by atoms with Crippen LogP contribution in [-0.4, -0.2) is 25.3 Å². The van der Waals surface area contributed by atoms with Crippen LogP contribution in [0.3, 0.4) is 0 Å². The van der Waals surface area contributed by atoms with Crippen LogP contribution in [0.25, 0.3) is 0 Å². The van der Waals surface area contributed by atoms with Crippen molar-refractivity contribution in [2.75, 3.05) is 13.2 Å². The van der Waals surface area contributed by atoms with Crippen LogP contribution in [0.1, 0.15) is 71.6 Å². The molecule has 2 fully saturated rings. The van der Waals surface area contributed by atoms with E-state index < -0.39 is 0 Å². The standard InChI is InChI=1S/C17H33NO/c1-3-5-15-8-9-16(18-11-4-2)17(13-15)19-12-10-14-6-7-14/h14-18H,3-13H2,1-2H3. The first-order valence-corrected chi connectivity index (χ1v) is 8.68. The van der Waals surface area contributed by atoms with Crippen molar-refractivity contribution < 1.29 is 4.74 Å². The Kier molecular flexibility index (Phi) is 6.66. The predicted octanol–water partition coefficient (Wildman–Crippen LogP) is 4.14. The van der Waals surface area contributed by atoms with Gasteiger partial charge in [-0.15, -0.1) is 0 Å². The molecule has 2 aliphatic rings. The molecular formula is C17H33NO. The van der Waals surface area contributed by atoms with Crippen molar-refractivity contribution in [3.63, 3.8) is 0 Å². The Hall–Kier alpha value is -0.0800. The summed E-state index contributed by atoms with van der Waals surface area (Å²) in [5.41, 5.74) is 0. The van der Waals surface area contributed by atoms with Crippen molar-refractivity contribution in [2.24, 2.45) is 11.8 Å². The minimum absolute atomic E-state index is 0.482. The van der Waals surface area contributed by atoms with Gasteiger partial charge in [0.05, 0.1) is 6.10 Å². The van der Waals surface area contributed by atoms with Gasteiger partial charge in [0.2, 0.25) is 0 Å². The van der Waals surface area contributed by atoms with E-state index in [-0.39, 0.29) is 0 Å². The fraction of sp³-hybridized carbons (Fsp3) is 1.00. The molecule has 2 nitrogen and oxygen atoms in total. The van der Waals surface area contributed by atoms with Gasteiger partial charge in [0.15, 0.2) is 0 Å². The van der Waals surface area contributed by atoms with E-state index in [1.165, 1.54) is 57.8 Å². The molecule has 0 aliphatic heterocycles. The van der Waals surface area contributed by atoms with Gasteiger partial charge in [-0.2, -0.15) is 0 Å². The molecule has 2 heteroatoms. The maximum atomic E-state index is 6.26. The third kappa shape index (κ3) is 5.43. The molecule has 0 aromatic heterocycles. The number of hydrogen-bond donors (Lipinski definition) is 1.